The third kappa shape index (κ3) is 4.82. The average molecular weight is 476 g/mol. The summed E-state index contributed by atoms with van der Waals surface area (Å²) in [6.07, 6.45) is 0. The molecule has 0 saturated carbocycles. The molecule has 0 saturated heterocycles. The van der Waals surface area contributed by atoms with E-state index in [-0.39, 0.29) is 18.0 Å². The monoisotopic (exact) mass is 475 g/mol. The molecule has 0 aliphatic carbocycles. The highest BCUT2D eigenvalue weighted by Crippen LogP contribution is 2.40. The van der Waals surface area contributed by atoms with Gasteiger partial charge in [0.15, 0.2) is 5.13 Å². The van der Waals surface area contributed by atoms with Gasteiger partial charge in [-0.3, -0.25) is 0 Å². The van der Waals surface area contributed by atoms with Gasteiger partial charge in [-0.1, -0.05) is 96.2 Å². The number of nitrogens with zero attached hydrogens (tertiary/aromatic N) is 2. The lowest BCUT2D eigenvalue weighted by Gasteiger charge is -2.36. The van der Waals surface area contributed by atoms with Gasteiger partial charge in [0.25, 0.3) is 0 Å². The Labute approximate surface area is 200 Å². The highest BCUT2D eigenvalue weighted by molar-refractivity contribution is 7.14. The van der Waals surface area contributed by atoms with Crippen LogP contribution < -0.4 is 5.32 Å². The van der Waals surface area contributed by atoms with Crippen LogP contribution in [0.2, 0.25) is 0 Å². The summed E-state index contributed by atoms with van der Waals surface area (Å²) in [4.78, 5) is 20.9. The lowest BCUT2D eigenvalue weighted by atomic mass is 9.77. The van der Waals surface area contributed by atoms with E-state index in [0.29, 0.717) is 5.13 Å². The van der Waals surface area contributed by atoms with Crippen LogP contribution in [0.15, 0.2) is 102 Å². The van der Waals surface area contributed by atoms with Crippen molar-refractivity contribution < 1.29 is 19.1 Å². The first kappa shape index (κ1) is 23.1. The minimum Gasteiger partial charge on any atom is -0.476 e. The first-order chi connectivity index (χ1) is 16.6. The summed E-state index contributed by atoms with van der Waals surface area (Å²) >= 11 is 1.25. The molecule has 4 rings (SSSR count). The number of oxime groups is 1. The molecule has 2 N–H and O–H groups in total. The topological polar surface area (TPSA) is 83.8 Å². The van der Waals surface area contributed by atoms with E-state index in [2.05, 4.69) is 15.5 Å². The fourth-order valence-electron chi connectivity index (χ4n) is 3.72. The quantitative estimate of drug-likeness (QED) is 0.140. The number of halogens is 1. The number of hydrogen-bond acceptors (Lipinski definition) is 6. The Balaban J connectivity index is 1.84. The predicted molar refractivity (Wildman–Crippen MR) is 131 cm³/mol. The van der Waals surface area contributed by atoms with Gasteiger partial charge in [-0.15, -0.1) is 11.3 Å². The molecule has 6 nitrogen and oxygen atoms in total. The molecule has 1 aromatic heterocycles. The lowest BCUT2D eigenvalue weighted by molar-refractivity contribution is -0.129. The summed E-state index contributed by atoms with van der Waals surface area (Å²) < 4.78 is 12.4. The van der Waals surface area contributed by atoms with Gasteiger partial charge >= 0.3 is 5.97 Å². The number of thiazole rings is 1. The first-order valence-corrected chi connectivity index (χ1v) is 11.4. The molecule has 8 heteroatoms. The molecule has 0 unspecified atom stereocenters. The number of rotatable bonds is 10. The van der Waals surface area contributed by atoms with Gasteiger partial charge in [-0.25, -0.2) is 14.2 Å². The van der Waals surface area contributed by atoms with Crippen LogP contribution in [0.4, 0.5) is 9.52 Å². The van der Waals surface area contributed by atoms with Crippen LogP contribution in [0.3, 0.4) is 0 Å². The maximum absolute atomic E-state index is 12.4. The van der Waals surface area contributed by atoms with E-state index in [1.54, 1.807) is 5.38 Å². The Kier molecular flexibility index (Phi) is 7.29. The van der Waals surface area contributed by atoms with Crippen molar-refractivity contribution in [2.45, 2.75) is 5.54 Å². The van der Waals surface area contributed by atoms with Crippen molar-refractivity contribution in [2.24, 2.45) is 5.16 Å². The average Bonchev–Trinajstić information content (AvgIpc) is 3.34. The van der Waals surface area contributed by atoms with Gasteiger partial charge in [-0.05, 0) is 16.7 Å². The number of carboxylic acid groups (broad SMARTS) is 1. The molecular formula is C26H22FN3O3S. The minimum absolute atomic E-state index is 0.127. The second kappa shape index (κ2) is 10.7. The summed E-state index contributed by atoms with van der Waals surface area (Å²) in [7, 11) is 0. The first-order valence-electron chi connectivity index (χ1n) is 10.5. The summed E-state index contributed by atoms with van der Waals surface area (Å²) in [5.41, 5.74) is 1.90. The highest BCUT2D eigenvalue weighted by Gasteiger charge is 2.37. The number of nitrogens with one attached hydrogen (secondary N) is 1. The highest BCUT2D eigenvalue weighted by atomic mass is 32.1. The molecule has 172 valence electrons. The smallest absolute Gasteiger partial charge is 0.360 e. The zero-order chi connectivity index (χ0) is 23.8. The molecule has 1 heterocycles. The predicted octanol–water partition coefficient (Wildman–Crippen LogP) is 5.32. The Morgan fingerprint density at radius 1 is 0.941 bits per heavy atom. The lowest BCUT2D eigenvalue weighted by Crippen LogP contribution is -2.38. The summed E-state index contributed by atoms with van der Waals surface area (Å²) in [5.74, 6) is -1.31. The van der Waals surface area contributed by atoms with Crippen LogP contribution in [-0.2, 0) is 15.2 Å². The molecule has 0 spiro atoms. The number of carbonyl (C=O) groups is 1. The van der Waals surface area contributed by atoms with E-state index in [9.17, 15) is 14.3 Å². The number of anilines is 1. The van der Waals surface area contributed by atoms with Gasteiger partial charge in [0.1, 0.15) is 24.5 Å². The second-order valence-corrected chi connectivity index (χ2v) is 8.14. The number of hydrogen-bond donors (Lipinski definition) is 2. The van der Waals surface area contributed by atoms with Gasteiger partial charge in [0, 0.05) is 5.38 Å². The molecule has 4 aromatic rings. The number of benzene rings is 3. The van der Waals surface area contributed by atoms with E-state index >= 15 is 0 Å². The standard InChI is InChI=1S/C26H22FN3O3S/c27-16-17-33-30-23(24(31)32)22-18-34-25(28-22)29-26(19-10-4-1-5-11-19,20-12-6-2-7-13-20)21-14-8-3-9-15-21/h1-15,18H,16-17H2,(H,28,29)(H,31,32)/b30-23+. The molecule has 0 fully saturated rings. The molecule has 0 atom stereocenters. The maximum atomic E-state index is 12.4. The Morgan fingerprint density at radius 2 is 1.44 bits per heavy atom. The third-order valence-electron chi connectivity index (χ3n) is 5.19. The third-order valence-corrected chi connectivity index (χ3v) is 5.95. The molecule has 0 aliphatic rings. The fraction of sp³-hybridized carbons (Fsp3) is 0.115. The molecule has 0 radical (unpaired) electrons. The van der Waals surface area contributed by atoms with Crippen molar-refractivity contribution >= 4 is 28.1 Å². The molecule has 34 heavy (non-hydrogen) atoms. The van der Waals surface area contributed by atoms with Gasteiger partial charge in [0.2, 0.25) is 5.71 Å². The zero-order valence-electron chi connectivity index (χ0n) is 18.1. The molecule has 0 bridgehead atoms. The van der Waals surface area contributed by atoms with E-state index < -0.39 is 18.2 Å². The number of alkyl halides is 1. The summed E-state index contributed by atoms with van der Waals surface area (Å²) in [6, 6.07) is 29.9. The van der Waals surface area contributed by atoms with E-state index in [0.717, 1.165) is 16.7 Å². The number of carboxylic acids is 1. The van der Waals surface area contributed by atoms with Crippen LogP contribution in [0, 0.1) is 0 Å². The van der Waals surface area contributed by atoms with Gasteiger partial charge in [-0.2, -0.15) is 0 Å². The van der Waals surface area contributed by atoms with E-state index in [1.807, 2.05) is 91.0 Å². The van der Waals surface area contributed by atoms with Crippen LogP contribution in [-0.4, -0.2) is 35.1 Å². The molecule has 0 amide bonds. The largest absolute Gasteiger partial charge is 0.476 e. The van der Waals surface area contributed by atoms with Crippen molar-refractivity contribution in [3.05, 3.63) is 119 Å². The van der Waals surface area contributed by atoms with Crippen LogP contribution >= 0.6 is 11.3 Å². The zero-order valence-corrected chi connectivity index (χ0v) is 18.9. The molecule has 3 aromatic carbocycles. The second-order valence-electron chi connectivity index (χ2n) is 7.28. The van der Waals surface area contributed by atoms with Crippen molar-refractivity contribution in [2.75, 3.05) is 18.6 Å². The minimum atomic E-state index is -1.31. The van der Waals surface area contributed by atoms with Crippen LogP contribution in [0.5, 0.6) is 0 Å². The molecular weight excluding hydrogens is 453 g/mol. The maximum Gasteiger partial charge on any atom is 0.360 e. The number of aromatic nitrogens is 1. The van der Waals surface area contributed by atoms with Crippen LogP contribution in [0.1, 0.15) is 22.4 Å². The molecule has 0 aliphatic heterocycles. The van der Waals surface area contributed by atoms with Crippen molar-refractivity contribution in [1.29, 1.82) is 0 Å². The SMILES string of the molecule is O=C(O)/C(=N/OCCF)c1csc(NC(c2ccccc2)(c2ccccc2)c2ccccc2)n1. The fourth-order valence-corrected chi connectivity index (χ4v) is 4.47. The van der Waals surface area contributed by atoms with Crippen molar-refractivity contribution in [3.63, 3.8) is 0 Å². The Hall–Kier alpha value is -4.04. The Morgan fingerprint density at radius 3 is 1.88 bits per heavy atom. The van der Waals surface area contributed by atoms with Crippen molar-refractivity contribution in [3.8, 4) is 0 Å². The number of aliphatic carboxylic acids is 1. The summed E-state index contributed by atoms with van der Waals surface area (Å²) in [6.45, 7) is -1.10. The van der Waals surface area contributed by atoms with Crippen LogP contribution in [0.25, 0.3) is 0 Å². The van der Waals surface area contributed by atoms with E-state index in [1.165, 1.54) is 11.3 Å². The Bertz CT molecular complexity index is 1150. The van der Waals surface area contributed by atoms with Gasteiger partial charge < -0.3 is 15.3 Å². The van der Waals surface area contributed by atoms with Gasteiger partial charge in [0.05, 0.1) is 0 Å². The normalized spacial score (nSPS) is 11.7. The van der Waals surface area contributed by atoms with E-state index in [4.69, 9.17) is 4.84 Å². The summed E-state index contributed by atoms with van der Waals surface area (Å²) in [5, 5.41) is 18.8. The van der Waals surface area contributed by atoms with Crippen molar-refractivity contribution in [1.82, 2.24) is 4.98 Å².